The maximum absolute atomic E-state index is 10.0. The summed E-state index contributed by atoms with van der Waals surface area (Å²) in [6.07, 6.45) is 0.338. The summed E-state index contributed by atoms with van der Waals surface area (Å²) in [6, 6.07) is 0. The number of primary amides is 1. The number of aliphatic carboxylic acids is 2. The van der Waals surface area contributed by atoms with Gasteiger partial charge in [-0.25, -0.2) is 9.59 Å². The van der Waals surface area contributed by atoms with Gasteiger partial charge in [-0.15, -0.1) is 0 Å². The van der Waals surface area contributed by atoms with E-state index >= 15 is 0 Å². The Morgan fingerprint density at radius 3 is 1.55 bits per heavy atom. The maximum atomic E-state index is 10.0. The summed E-state index contributed by atoms with van der Waals surface area (Å²) < 4.78 is 0. The van der Waals surface area contributed by atoms with Crippen LogP contribution >= 0.6 is 0 Å². The number of carbonyl (C=O) groups excluding carboxylic acids is 1. The number of carbonyl (C=O) groups is 3. The predicted molar refractivity (Wildman–Crippen MR) is 32.5 cm³/mol. The second-order valence-corrected chi connectivity index (χ2v) is 1.57. The molecule has 0 aromatic rings. The molecule has 1 amide bonds. The first-order valence-corrected chi connectivity index (χ1v) is 2.43. The van der Waals surface area contributed by atoms with Crippen LogP contribution in [0.2, 0.25) is 0 Å². The molecule has 0 heterocycles. The Bertz CT molecular complexity index is 225. The van der Waals surface area contributed by atoms with Crippen LogP contribution in [0.15, 0.2) is 11.6 Å². The first kappa shape index (κ1) is 9.15. The van der Waals surface area contributed by atoms with Gasteiger partial charge in [-0.2, -0.15) is 0 Å². The van der Waals surface area contributed by atoms with Gasteiger partial charge in [0, 0.05) is 6.08 Å². The molecular formula is C5H5NO5. The molecule has 6 nitrogen and oxygen atoms in total. The SMILES string of the molecule is NC(=O)C=C(C(=O)O)C(=O)O. The minimum absolute atomic E-state index is 0.338. The zero-order valence-corrected chi connectivity index (χ0v) is 5.27. The molecule has 4 N–H and O–H groups in total. The molecule has 0 fully saturated rings. The van der Waals surface area contributed by atoms with Gasteiger partial charge in [0.2, 0.25) is 5.91 Å². The van der Waals surface area contributed by atoms with E-state index in [1.807, 2.05) is 0 Å². The van der Waals surface area contributed by atoms with Crippen molar-refractivity contribution in [1.29, 1.82) is 0 Å². The number of nitrogens with two attached hydrogens (primary N) is 1. The Morgan fingerprint density at radius 1 is 1.09 bits per heavy atom. The van der Waals surface area contributed by atoms with E-state index in [4.69, 9.17) is 10.2 Å². The summed E-state index contributed by atoms with van der Waals surface area (Å²) in [5.41, 5.74) is 3.48. The molecule has 0 atom stereocenters. The average molecular weight is 159 g/mol. The van der Waals surface area contributed by atoms with Gasteiger partial charge in [0.05, 0.1) is 0 Å². The van der Waals surface area contributed by atoms with Crippen molar-refractivity contribution in [3.8, 4) is 0 Å². The summed E-state index contributed by atoms with van der Waals surface area (Å²) in [6.45, 7) is 0. The van der Waals surface area contributed by atoms with Gasteiger partial charge in [0.15, 0.2) is 0 Å². The van der Waals surface area contributed by atoms with Crippen LogP contribution in [-0.2, 0) is 14.4 Å². The van der Waals surface area contributed by atoms with Crippen LogP contribution < -0.4 is 5.73 Å². The Balaban J connectivity index is 4.75. The van der Waals surface area contributed by atoms with Crippen LogP contribution in [0, 0.1) is 0 Å². The number of carboxylic acids is 2. The lowest BCUT2D eigenvalue weighted by atomic mass is 10.2. The molecule has 0 aliphatic rings. The summed E-state index contributed by atoms with van der Waals surface area (Å²) in [5, 5.41) is 16.3. The van der Waals surface area contributed by atoms with Gasteiger partial charge < -0.3 is 15.9 Å². The van der Waals surface area contributed by atoms with Crippen molar-refractivity contribution in [1.82, 2.24) is 0 Å². The van der Waals surface area contributed by atoms with Crippen molar-refractivity contribution >= 4 is 17.8 Å². The standard InChI is InChI=1S/C5H5NO5/c6-3(7)1-2(4(8)9)5(10)11/h1H,(H2,6,7)(H,8,9)(H,10,11). The van der Waals surface area contributed by atoms with Gasteiger partial charge in [0.1, 0.15) is 5.57 Å². The normalized spacial score (nSPS) is 8.36. The number of rotatable bonds is 3. The average Bonchev–Trinajstić information content (AvgIpc) is 1.81. The fraction of sp³-hybridized carbons (Fsp3) is 0. The number of carboxylic acid groups (broad SMARTS) is 2. The highest BCUT2D eigenvalue weighted by Gasteiger charge is 2.16. The van der Waals surface area contributed by atoms with E-state index < -0.39 is 23.4 Å². The minimum Gasteiger partial charge on any atom is -0.477 e. The smallest absolute Gasteiger partial charge is 0.343 e. The molecule has 6 heteroatoms. The minimum atomic E-state index is -1.70. The van der Waals surface area contributed by atoms with Gasteiger partial charge in [0.25, 0.3) is 0 Å². The molecule has 0 bridgehead atoms. The van der Waals surface area contributed by atoms with Crippen molar-refractivity contribution in [2.45, 2.75) is 0 Å². The topological polar surface area (TPSA) is 118 Å². The third kappa shape index (κ3) is 2.99. The molecule has 0 aromatic carbocycles. The molecule has 0 aliphatic heterocycles. The zero-order valence-electron chi connectivity index (χ0n) is 5.27. The van der Waals surface area contributed by atoms with E-state index in [9.17, 15) is 14.4 Å². The Morgan fingerprint density at radius 2 is 1.45 bits per heavy atom. The third-order valence-corrected chi connectivity index (χ3v) is 0.747. The highest BCUT2D eigenvalue weighted by atomic mass is 16.4. The summed E-state index contributed by atoms with van der Waals surface area (Å²) in [5.74, 6) is -4.50. The summed E-state index contributed by atoms with van der Waals surface area (Å²) >= 11 is 0. The summed E-state index contributed by atoms with van der Waals surface area (Å²) in [4.78, 5) is 30.1. The fourth-order valence-corrected chi connectivity index (χ4v) is 0.357. The van der Waals surface area contributed by atoms with E-state index in [0.29, 0.717) is 6.08 Å². The van der Waals surface area contributed by atoms with Crippen LogP contribution in [0.5, 0.6) is 0 Å². The van der Waals surface area contributed by atoms with Gasteiger partial charge in [-0.3, -0.25) is 4.79 Å². The molecule has 11 heavy (non-hydrogen) atoms. The molecule has 0 saturated heterocycles. The van der Waals surface area contributed by atoms with E-state index in [1.54, 1.807) is 0 Å². The lowest BCUT2D eigenvalue weighted by molar-refractivity contribution is -0.140. The van der Waals surface area contributed by atoms with Crippen LogP contribution in [0.3, 0.4) is 0 Å². The van der Waals surface area contributed by atoms with Crippen molar-refractivity contribution < 1.29 is 24.6 Å². The lowest BCUT2D eigenvalue weighted by Crippen LogP contribution is -2.16. The molecular weight excluding hydrogens is 154 g/mol. The zero-order chi connectivity index (χ0) is 9.02. The van der Waals surface area contributed by atoms with Crippen molar-refractivity contribution in [2.75, 3.05) is 0 Å². The number of hydrogen-bond donors (Lipinski definition) is 3. The fourth-order valence-electron chi connectivity index (χ4n) is 0.357. The number of hydrogen-bond acceptors (Lipinski definition) is 3. The van der Waals surface area contributed by atoms with Crippen molar-refractivity contribution in [3.63, 3.8) is 0 Å². The second kappa shape index (κ2) is 3.35. The molecule has 0 unspecified atom stereocenters. The van der Waals surface area contributed by atoms with Crippen LogP contribution in [0.1, 0.15) is 0 Å². The first-order chi connectivity index (χ1) is 4.95. The monoisotopic (exact) mass is 159 g/mol. The second-order valence-electron chi connectivity index (χ2n) is 1.57. The van der Waals surface area contributed by atoms with Gasteiger partial charge in [-0.1, -0.05) is 0 Å². The van der Waals surface area contributed by atoms with E-state index in [0.717, 1.165) is 0 Å². The Kier molecular flexibility index (Phi) is 2.79. The quantitative estimate of drug-likeness (QED) is 0.265. The van der Waals surface area contributed by atoms with Gasteiger partial charge >= 0.3 is 11.9 Å². The number of amides is 1. The van der Waals surface area contributed by atoms with Crippen molar-refractivity contribution in [2.24, 2.45) is 5.73 Å². The highest BCUT2D eigenvalue weighted by molar-refractivity contribution is 6.16. The van der Waals surface area contributed by atoms with Crippen LogP contribution in [-0.4, -0.2) is 28.1 Å². The van der Waals surface area contributed by atoms with Crippen molar-refractivity contribution in [3.05, 3.63) is 11.6 Å². The third-order valence-electron chi connectivity index (χ3n) is 0.747. The predicted octanol–water partition coefficient (Wildman–Crippen LogP) is -1.43. The molecule has 0 spiro atoms. The van der Waals surface area contributed by atoms with Crippen LogP contribution in [0.4, 0.5) is 0 Å². The molecule has 0 aromatic heterocycles. The Labute approximate surface area is 60.9 Å². The lowest BCUT2D eigenvalue weighted by Gasteiger charge is -1.91. The molecule has 0 aliphatic carbocycles. The van der Waals surface area contributed by atoms with E-state index in [2.05, 4.69) is 5.73 Å². The molecule has 0 radical (unpaired) electrons. The molecule has 0 saturated carbocycles. The summed E-state index contributed by atoms with van der Waals surface area (Å²) in [7, 11) is 0. The largest absolute Gasteiger partial charge is 0.477 e. The van der Waals surface area contributed by atoms with E-state index in [1.165, 1.54) is 0 Å². The molecule has 0 rings (SSSR count). The van der Waals surface area contributed by atoms with Gasteiger partial charge in [-0.05, 0) is 0 Å². The maximum Gasteiger partial charge on any atom is 0.343 e. The van der Waals surface area contributed by atoms with E-state index in [-0.39, 0.29) is 0 Å². The highest BCUT2D eigenvalue weighted by Crippen LogP contribution is 1.92. The Hall–Kier alpha value is -1.85. The molecule has 60 valence electrons. The first-order valence-electron chi connectivity index (χ1n) is 2.43. The van der Waals surface area contributed by atoms with Crippen LogP contribution in [0.25, 0.3) is 0 Å².